The molecule has 3 rings (SSSR count). The van der Waals surface area contributed by atoms with Crippen molar-refractivity contribution in [3.63, 3.8) is 0 Å². The lowest BCUT2D eigenvalue weighted by atomic mass is 10.2. The largest absolute Gasteiger partial charge is 0.454 e. The van der Waals surface area contributed by atoms with Gasteiger partial charge in [0.05, 0.1) is 22.8 Å². The van der Waals surface area contributed by atoms with E-state index in [-0.39, 0.29) is 11.8 Å². The number of esters is 1. The van der Waals surface area contributed by atoms with Crippen molar-refractivity contribution in [2.45, 2.75) is 20.8 Å². The maximum Gasteiger partial charge on any atom is 0.326 e. The van der Waals surface area contributed by atoms with E-state index in [9.17, 15) is 14.4 Å². The Morgan fingerprint density at radius 1 is 1.21 bits per heavy atom. The fraction of sp³-hybridized carbons (Fsp3) is 0.368. The van der Waals surface area contributed by atoms with Gasteiger partial charge in [-0.3, -0.25) is 14.4 Å². The van der Waals surface area contributed by atoms with E-state index in [0.29, 0.717) is 23.7 Å². The molecule has 1 aromatic carbocycles. The van der Waals surface area contributed by atoms with Crippen LogP contribution in [0.3, 0.4) is 0 Å². The molecule has 0 radical (unpaired) electrons. The van der Waals surface area contributed by atoms with Crippen LogP contribution in [-0.4, -0.2) is 57.2 Å². The molecule has 0 bridgehead atoms. The third-order valence-corrected chi connectivity index (χ3v) is 5.26. The smallest absolute Gasteiger partial charge is 0.326 e. The average molecular weight is 402 g/mol. The minimum Gasteiger partial charge on any atom is -0.454 e. The number of benzene rings is 1. The number of carbonyl (C=O) groups excluding carboxylic acids is 3. The lowest BCUT2D eigenvalue weighted by Crippen LogP contribution is -2.32. The van der Waals surface area contributed by atoms with Crippen LogP contribution in [0.4, 0.5) is 10.5 Å². The summed E-state index contributed by atoms with van der Waals surface area (Å²) < 4.78 is 6.75. The number of nitrogens with zero attached hydrogens (tertiary/aromatic N) is 3. The van der Waals surface area contributed by atoms with Crippen molar-refractivity contribution in [2.75, 3.05) is 30.8 Å². The summed E-state index contributed by atoms with van der Waals surface area (Å²) in [6.07, 6.45) is 0. The molecule has 2 aromatic rings. The third kappa shape index (κ3) is 4.53. The van der Waals surface area contributed by atoms with E-state index in [1.54, 1.807) is 11.6 Å². The number of aromatic nitrogens is 2. The lowest BCUT2D eigenvalue weighted by molar-refractivity contribution is -0.147. The van der Waals surface area contributed by atoms with E-state index >= 15 is 0 Å². The summed E-state index contributed by atoms with van der Waals surface area (Å²) in [4.78, 5) is 36.9. The summed E-state index contributed by atoms with van der Waals surface area (Å²) in [5, 5.41) is 7.09. The van der Waals surface area contributed by atoms with Crippen molar-refractivity contribution >= 4 is 34.6 Å². The van der Waals surface area contributed by atoms with Gasteiger partial charge in [0.25, 0.3) is 11.1 Å². The van der Waals surface area contributed by atoms with Gasteiger partial charge < -0.3 is 15.0 Å². The summed E-state index contributed by atoms with van der Waals surface area (Å²) in [7, 11) is 0. The second kappa shape index (κ2) is 8.47. The number of ether oxygens (including phenoxy) is 1. The number of thioether (sulfide) groups is 1. The number of hydrogen-bond acceptors (Lipinski definition) is 6. The highest BCUT2D eigenvalue weighted by Gasteiger charge is 2.24. The van der Waals surface area contributed by atoms with Crippen LogP contribution >= 0.6 is 11.8 Å². The molecule has 1 fully saturated rings. The number of anilines is 1. The number of hydrogen-bond donors (Lipinski definition) is 1. The van der Waals surface area contributed by atoms with Gasteiger partial charge in [-0.2, -0.15) is 5.10 Å². The van der Waals surface area contributed by atoms with E-state index in [1.165, 1.54) is 16.7 Å². The first-order valence-electron chi connectivity index (χ1n) is 8.85. The fourth-order valence-electron chi connectivity index (χ4n) is 2.85. The van der Waals surface area contributed by atoms with Crippen LogP contribution in [-0.2, 0) is 14.3 Å². The molecule has 1 N–H and O–H groups in total. The Bertz CT molecular complexity index is 907. The molecule has 9 heteroatoms. The lowest BCUT2D eigenvalue weighted by Gasteiger charge is -2.13. The highest BCUT2D eigenvalue weighted by atomic mass is 32.2. The van der Waals surface area contributed by atoms with E-state index in [4.69, 9.17) is 4.74 Å². The molecule has 2 heterocycles. The topological polar surface area (TPSA) is 93.5 Å². The van der Waals surface area contributed by atoms with Crippen LogP contribution in [0.2, 0.25) is 0 Å². The standard InChI is InChI=1S/C19H22N4O4S/c1-12-4-6-15(7-5-12)23-14(3)18(13(2)21-23)20-16(24)11-27-17(25)10-22-8-9-28-19(22)26/h4-7H,8-11H2,1-3H3,(H,20,24). The van der Waals surface area contributed by atoms with Gasteiger partial charge in [-0.1, -0.05) is 29.5 Å². The molecule has 28 heavy (non-hydrogen) atoms. The monoisotopic (exact) mass is 402 g/mol. The molecular formula is C19H22N4O4S. The minimum absolute atomic E-state index is 0.136. The first-order chi connectivity index (χ1) is 13.3. The zero-order chi connectivity index (χ0) is 20.3. The molecule has 1 aliphatic rings. The Morgan fingerprint density at radius 3 is 2.57 bits per heavy atom. The fourth-order valence-corrected chi connectivity index (χ4v) is 3.68. The van der Waals surface area contributed by atoms with Gasteiger partial charge in [-0.05, 0) is 32.9 Å². The van der Waals surface area contributed by atoms with Gasteiger partial charge in [0.2, 0.25) is 0 Å². The van der Waals surface area contributed by atoms with Crippen molar-refractivity contribution in [3.8, 4) is 5.69 Å². The van der Waals surface area contributed by atoms with Gasteiger partial charge in [0.1, 0.15) is 6.54 Å². The molecule has 1 aromatic heterocycles. The highest BCUT2D eigenvalue weighted by Crippen LogP contribution is 2.23. The SMILES string of the molecule is Cc1ccc(-n2nc(C)c(NC(=O)COC(=O)CN3CCSC3=O)c2C)cc1. The quantitative estimate of drug-likeness (QED) is 0.746. The summed E-state index contributed by atoms with van der Waals surface area (Å²) in [6, 6.07) is 7.90. The van der Waals surface area contributed by atoms with Crippen LogP contribution < -0.4 is 5.32 Å². The Balaban J connectivity index is 1.59. The first kappa shape index (κ1) is 19.9. The van der Waals surface area contributed by atoms with Gasteiger partial charge in [0.15, 0.2) is 6.61 Å². The Hall–Kier alpha value is -2.81. The van der Waals surface area contributed by atoms with Gasteiger partial charge in [-0.25, -0.2) is 4.68 Å². The third-order valence-electron chi connectivity index (χ3n) is 4.36. The second-order valence-electron chi connectivity index (χ2n) is 6.54. The van der Waals surface area contributed by atoms with E-state index in [2.05, 4.69) is 10.4 Å². The molecule has 0 atom stereocenters. The average Bonchev–Trinajstić information content (AvgIpc) is 3.18. The Kier molecular flexibility index (Phi) is 6.03. The normalized spacial score (nSPS) is 13.7. The molecule has 1 saturated heterocycles. The summed E-state index contributed by atoms with van der Waals surface area (Å²) >= 11 is 1.17. The minimum atomic E-state index is -0.602. The number of nitrogens with one attached hydrogen (secondary N) is 1. The number of carbonyl (C=O) groups is 3. The molecule has 0 spiro atoms. The number of rotatable bonds is 6. The predicted molar refractivity (Wildman–Crippen MR) is 107 cm³/mol. The van der Waals surface area contributed by atoms with Crippen LogP contribution in [0.25, 0.3) is 5.69 Å². The van der Waals surface area contributed by atoms with Crippen LogP contribution in [0, 0.1) is 20.8 Å². The highest BCUT2D eigenvalue weighted by molar-refractivity contribution is 8.13. The van der Waals surface area contributed by atoms with Crippen molar-refractivity contribution in [1.82, 2.24) is 14.7 Å². The van der Waals surface area contributed by atoms with Crippen LogP contribution in [0.15, 0.2) is 24.3 Å². The first-order valence-corrected chi connectivity index (χ1v) is 9.84. The van der Waals surface area contributed by atoms with Gasteiger partial charge in [0, 0.05) is 12.3 Å². The zero-order valence-electron chi connectivity index (χ0n) is 16.0. The molecule has 0 saturated carbocycles. The van der Waals surface area contributed by atoms with Crippen molar-refractivity contribution < 1.29 is 19.1 Å². The number of amides is 2. The van der Waals surface area contributed by atoms with Gasteiger partial charge >= 0.3 is 5.97 Å². The molecule has 1 aliphatic heterocycles. The molecule has 148 valence electrons. The summed E-state index contributed by atoms with van der Waals surface area (Å²) in [6.45, 7) is 5.64. The molecule has 0 unspecified atom stereocenters. The van der Waals surface area contributed by atoms with Crippen LogP contribution in [0.1, 0.15) is 17.0 Å². The number of aryl methyl sites for hydroxylation is 2. The van der Waals surface area contributed by atoms with E-state index in [0.717, 1.165) is 16.9 Å². The molecule has 0 aliphatic carbocycles. The van der Waals surface area contributed by atoms with E-state index in [1.807, 2.05) is 38.1 Å². The summed E-state index contributed by atoms with van der Waals surface area (Å²) in [5.41, 5.74) is 4.08. The molecule has 8 nitrogen and oxygen atoms in total. The van der Waals surface area contributed by atoms with Gasteiger partial charge in [-0.15, -0.1) is 0 Å². The van der Waals surface area contributed by atoms with Crippen molar-refractivity contribution in [2.24, 2.45) is 0 Å². The van der Waals surface area contributed by atoms with Crippen LogP contribution in [0.5, 0.6) is 0 Å². The maximum absolute atomic E-state index is 12.2. The summed E-state index contributed by atoms with van der Waals surface area (Å²) in [5.74, 6) is -0.393. The predicted octanol–water partition coefficient (Wildman–Crippen LogP) is 2.45. The van der Waals surface area contributed by atoms with Crippen molar-refractivity contribution in [1.29, 1.82) is 0 Å². The Morgan fingerprint density at radius 2 is 1.93 bits per heavy atom. The zero-order valence-corrected chi connectivity index (χ0v) is 16.8. The van der Waals surface area contributed by atoms with Crippen molar-refractivity contribution in [3.05, 3.63) is 41.2 Å². The van der Waals surface area contributed by atoms with E-state index < -0.39 is 18.5 Å². The second-order valence-corrected chi connectivity index (χ2v) is 7.58. The maximum atomic E-state index is 12.2. The molecule has 2 amide bonds. The Labute approximate surface area is 167 Å². The molecular weight excluding hydrogens is 380 g/mol.